The molecular weight excluding hydrogens is 214 g/mol. The highest BCUT2D eigenvalue weighted by atomic mass is 16.2. The lowest BCUT2D eigenvalue weighted by Gasteiger charge is -2.28. The molecule has 0 aliphatic carbocycles. The van der Waals surface area contributed by atoms with Crippen molar-refractivity contribution in [3.63, 3.8) is 0 Å². The van der Waals surface area contributed by atoms with Gasteiger partial charge in [0.05, 0.1) is 17.7 Å². The topological polar surface area (TPSA) is 45.2 Å². The van der Waals surface area contributed by atoms with Crippen LogP contribution in [0.25, 0.3) is 10.9 Å². The number of pyridine rings is 1. The molecule has 2 aromatic rings. The number of benzene rings is 1. The molecule has 86 valence electrons. The van der Waals surface area contributed by atoms with Gasteiger partial charge in [0.25, 0.3) is 0 Å². The SMILES string of the molecule is O=C1CNCCN1c1cccc2ncccc12. The van der Waals surface area contributed by atoms with Gasteiger partial charge in [0.15, 0.2) is 0 Å². The molecule has 1 aliphatic rings. The van der Waals surface area contributed by atoms with Crippen LogP contribution in [0, 0.1) is 0 Å². The van der Waals surface area contributed by atoms with E-state index in [0.29, 0.717) is 13.1 Å². The number of piperazine rings is 1. The Labute approximate surface area is 99.3 Å². The summed E-state index contributed by atoms with van der Waals surface area (Å²) in [6.45, 7) is 1.96. The molecule has 3 rings (SSSR count). The summed E-state index contributed by atoms with van der Waals surface area (Å²) in [5.74, 6) is 0.118. The first-order valence-electron chi connectivity index (χ1n) is 5.71. The van der Waals surface area contributed by atoms with Crippen LogP contribution in [-0.4, -0.2) is 30.5 Å². The van der Waals surface area contributed by atoms with Crippen LogP contribution in [0.15, 0.2) is 36.5 Å². The van der Waals surface area contributed by atoms with Gasteiger partial charge in [-0.05, 0) is 24.3 Å². The van der Waals surface area contributed by atoms with Crippen LogP contribution < -0.4 is 10.2 Å². The zero-order valence-electron chi connectivity index (χ0n) is 9.39. The molecule has 0 spiro atoms. The Hall–Kier alpha value is -1.94. The summed E-state index contributed by atoms with van der Waals surface area (Å²) in [6, 6.07) is 9.80. The normalized spacial score (nSPS) is 16.5. The van der Waals surface area contributed by atoms with Crippen molar-refractivity contribution in [1.82, 2.24) is 10.3 Å². The molecule has 1 amide bonds. The summed E-state index contributed by atoms with van der Waals surface area (Å²) in [6.07, 6.45) is 1.77. The quantitative estimate of drug-likeness (QED) is 0.795. The Morgan fingerprint density at radius 3 is 3.06 bits per heavy atom. The summed E-state index contributed by atoms with van der Waals surface area (Å²) in [5.41, 5.74) is 1.89. The van der Waals surface area contributed by atoms with Gasteiger partial charge in [-0.25, -0.2) is 0 Å². The van der Waals surface area contributed by atoms with Gasteiger partial charge in [-0.1, -0.05) is 6.07 Å². The van der Waals surface area contributed by atoms with Crippen LogP contribution in [0.5, 0.6) is 0 Å². The van der Waals surface area contributed by atoms with Crippen LogP contribution in [0.3, 0.4) is 0 Å². The molecule has 17 heavy (non-hydrogen) atoms. The Morgan fingerprint density at radius 1 is 1.24 bits per heavy atom. The van der Waals surface area contributed by atoms with Crippen molar-refractivity contribution in [2.45, 2.75) is 0 Å². The third-order valence-electron chi connectivity index (χ3n) is 3.00. The van der Waals surface area contributed by atoms with Crippen LogP contribution in [0.2, 0.25) is 0 Å². The molecule has 4 nitrogen and oxygen atoms in total. The van der Waals surface area contributed by atoms with Gasteiger partial charge in [0.2, 0.25) is 5.91 Å². The van der Waals surface area contributed by atoms with E-state index in [4.69, 9.17) is 0 Å². The first kappa shape index (κ1) is 10.2. The van der Waals surface area contributed by atoms with E-state index in [1.165, 1.54) is 0 Å². The molecule has 1 aliphatic heterocycles. The zero-order valence-corrected chi connectivity index (χ0v) is 9.39. The van der Waals surface area contributed by atoms with Crippen LogP contribution in [0.4, 0.5) is 5.69 Å². The molecule has 1 fully saturated rings. The fourth-order valence-electron chi connectivity index (χ4n) is 2.18. The van der Waals surface area contributed by atoms with Crippen molar-refractivity contribution in [2.24, 2.45) is 0 Å². The fraction of sp³-hybridized carbons (Fsp3) is 0.231. The van der Waals surface area contributed by atoms with E-state index in [0.717, 1.165) is 23.1 Å². The van der Waals surface area contributed by atoms with Gasteiger partial charge >= 0.3 is 0 Å². The molecular formula is C13H13N3O. The largest absolute Gasteiger partial charge is 0.309 e. The van der Waals surface area contributed by atoms with E-state index < -0.39 is 0 Å². The highest BCUT2D eigenvalue weighted by molar-refractivity contribution is 6.03. The number of amides is 1. The van der Waals surface area contributed by atoms with E-state index in [9.17, 15) is 4.79 Å². The Morgan fingerprint density at radius 2 is 2.18 bits per heavy atom. The van der Waals surface area contributed by atoms with Crippen LogP contribution in [-0.2, 0) is 4.79 Å². The zero-order chi connectivity index (χ0) is 11.7. The summed E-state index contributed by atoms with van der Waals surface area (Å²) in [7, 11) is 0. The molecule has 1 aromatic carbocycles. The minimum Gasteiger partial charge on any atom is -0.309 e. The molecule has 0 unspecified atom stereocenters. The predicted molar refractivity (Wildman–Crippen MR) is 67.0 cm³/mol. The first-order valence-corrected chi connectivity index (χ1v) is 5.71. The lowest BCUT2D eigenvalue weighted by Crippen LogP contribution is -2.48. The maximum atomic E-state index is 11.9. The number of hydrogen-bond acceptors (Lipinski definition) is 3. The number of nitrogens with zero attached hydrogens (tertiary/aromatic N) is 2. The number of aromatic nitrogens is 1. The third kappa shape index (κ3) is 1.76. The number of nitrogens with one attached hydrogen (secondary N) is 1. The minimum absolute atomic E-state index is 0.118. The van der Waals surface area contributed by atoms with Gasteiger partial charge in [-0.2, -0.15) is 0 Å². The maximum Gasteiger partial charge on any atom is 0.241 e. The monoisotopic (exact) mass is 227 g/mol. The van der Waals surface area contributed by atoms with E-state index in [2.05, 4.69) is 10.3 Å². The Balaban J connectivity index is 2.13. The smallest absolute Gasteiger partial charge is 0.241 e. The molecule has 1 saturated heterocycles. The van der Waals surface area contributed by atoms with Crippen molar-refractivity contribution in [3.8, 4) is 0 Å². The van der Waals surface area contributed by atoms with E-state index in [1.54, 1.807) is 6.20 Å². The van der Waals surface area contributed by atoms with E-state index in [1.807, 2.05) is 35.2 Å². The van der Waals surface area contributed by atoms with Gasteiger partial charge in [-0.3, -0.25) is 9.78 Å². The molecule has 4 heteroatoms. The van der Waals surface area contributed by atoms with Crippen molar-refractivity contribution in [3.05, 3.63) is 36.5 Å². The summed E-state index contributed by atoms with van der Waals surface area (Å²) in [5, 5.41) is 4.11. The Bertz CT molecular complexity index is 562. The van der Waals surface area contributed by atoms with Crippen molar-refractivity contribution >= 4 is 22.5 Å². The van der Waals surface area contributed by atoms with Gasteiger partial charge in [0, 0.05) is 24.7 Å². The lowest BCUT2D eigenvalue weighted by atomic mass is 10.1. The van der Waals surface area contributed by atoms with Crippen molar-refractivity contribution in [2.75, 3.05) is 24.5 Å². The van der Waals surface area contributed by atoms with Gasteiger partial charge in [-0.15, -0.1) is 0 Å². The number of carbonyl (C=O) groups is 1. The Kier molecular flexibility index (Phi) is 2.49. The van der Waals surface area contributed by atoms with Crippen molar-refractivity contribution < 1.29 is 4.79 Å². The third-order valence-corrected chi connectivity index (χ3v) is 3.00. The number of carbonyl (C=O) groups excluding carboxylic acids is 1. The molecule has 0 bridgehead atoms. The molecule has 2 heterocycles. The van der Waals surface area contributed by atoms with Crippen molar-refractivity contribution in [1.29, 1.82) is 0 Å². The number of rotatable bonds is 1. The molecule has 1 aromatic heterocycles. The second kappa shape index (κ2) is 4.14. The first-order chi connectivity index (χ1) is 8.36. The standard InChI is InChI=1S/C13H13N3O/c17-13-9-14-7-8-16(13)12-5-1-4-11-10(12)3-2-6-15-11/h1-6,14H,7-9H2. The molecule has 0 radical (unpaired) electrons. The molecule has 1 N–H and O–H groups in total. The average molecular weight is 227 g/mol. The lowest BCUT2D eigenvalue weighted by molar-refractivity contribution is -0.118. The van der Waals surface area contributed by atoms with Crippen LogP contribution in [0.1, 0.15) is 0 Å². The highest BCUT2D eigenvalue weighted by Crippen LogP contribution is 2.25. The predicted octanol–water partition coefficient (Wildman–Crippen LogP) is 1.17. The van der Waals surface area contributed by atoms with E-state index in [-0.39, 0.29) is 5.91 Å². The van der Waals surface area contributed by atoms with Gasteiger partial charge < -0.3 is 10.2 Å². The average Bonchev–Trinajstić information content (AvgIpc) is 2.39. The second-order valence-electron chi connectivity index (χ2n) is 4.07. The molecule has 0 saturated carbocycles. The second-order valence-corrected chi connectivity index (χ2v) is 4.07. The number of fused-ring (bicyclic) bond motifs is 1. The summed E-state index contributed by atoms with van der Waals surface area (Å²) in [4.78, 5) is 18.0. The minimum atomic E-state index is 0.118. The number of anilines is 1. The number of hydrogen-bond donors (Lipinski definition) is 1. The summed E-state index contributed by atoms with van der Waals surface area (Å²) < 4.78 is 0. The fourth-order valence-corrected chi connectivity index (χ4v) is 2.18. The maximum absolute atomic E-state index is 11.9. The van der Waals surface area contributed by atoms with E-state index >= 15 is 0 Å². The van der Waals surface area contributed by atoms with Gasteiger partial charge in [0.1, 0.15) is 0 Å². The van der Waals surface area contributed by atoms with Crippen LogP contribution >= 0.6 is 0 Å². The summed E-state index contributed by atoms with van der Waals surface area (Å²) >= 11 is 0. The molecule has 0 atom stereocenters. The highest BCUT2D eigenvalue weighted by Gasteiger charge is 2.20.